The average molecular weight is 342 g/mol. The topological polar surface area (TPSA) is 106 Å². The van der Waals surface area contributed by atoms with Crippen molar-refractivity contribution in [2.24, 2.45) is 0 Å². The summed E-state index contributed by atoms with van der Waals surface area (Å²) in [6.07, 6.45) is 0.0242. The summed E-state index contributed by atoms with van der Waals surface area (Å²) < 4.78 is 8.04. The summed E-state index contributed by atoms with van der Waals surface area (Å²) >= 11 is 3.41. The Morgan fingerprint density at radius 2 is 2.40 bits per heavy atom. The third-order valence-electron chi connectivity index (χ3n) is 3.23. The van der Waals surface area contributed by atoms with Crippen LogP contribution >= 0.6 is 15.9 Å². The fourth-order valence-corrected chi connectivity index (χ4v) is 2.88. The number of nitrogen functional groups attached to an aromatic ring is 1. The molecule has 3 rings (SSSR count). The van der Waals surface area contributed by atoms with Gasteiger partial charge in [0.15, 0.2) is 5.82 Å². The molecule has 0 spiro atoms. The number of amides is 1. The summed E-state index contributed by atoms with van der Waals surface area (Å²) in [6.45, 7) is 0.980. The lowest BCUT2D eigenvalue weighted by molar-refractivity contribution is -0.0259. The second-order valence-electron chi connectivity index (χ2n) is 4.41. The molecule has 0 aromatic carbocycles. The molecule has 1 unspecified atom stereocenters. The van der Waals surface area contributed by atoms with Crippen LogP contribution in [-0.4, -0.2) is 50.4 Å². The molecule has 2 aromatic rings. The number of fused-ring (bicyclic) bond motifs is 1. The predicted molar refractivity (Wildman–Crippen MR) is 73.4 cm³/mol. The van der Waals surface area contributed by atoms with Crippen LogP contribution in [0.4, 0.5) is 10.6 Å². The number of ether oxygens (including phenoxy) is 1. The van der Waals surface area contributed by atoms with Gasteiger partial charge in [0.25, 0.3) is 0 Å². The normalized spacial score (nSPS) is 19.4. The van der Waals surface area contributed by atoms with Gasteiger partial charge in [-0.05, 0) is 22.0 Å². The number of nitrogens with two attached hydrogens (primary N) is 1. The first kappa shape index (κ1) is 13.1. The van der Waals surface area contributed by atoms with Crippen LogP contribution in [0.3, 0.4) is 0 Å². The molecule has 20 heavy (non-hydrogen) atoms. The smallest absolute Gasteiger partial charge is 0.407 e. The zero-order chi connectivity index (χ0) is 14.3. The molecule has 1 saturated heterocycles. The molecule has 3 heterocycles. The maximum absolute atomic E-state index is 11.1. The lowest BCUT2D eigenvalue weighted by Gasteiger charge is -2.30. The second kappa shape index (κ2) is 4.91. The number of halogens is 1. The first-order valence-corrected chi connectivity index (χ1v) is 6.74. The van der Waals surface area contributed by atoms with Crippen LogP contribution in [0.25, 0.3) is 5.52 Å². The van der Waals surface area contributed by atoms with Crippen molar-refractivity contribution in [1.29, 1.82) is 0 Å². The van der Waals surface area contributed by atoms with Crippen molar-refractivity contribution in [3.05, 3.63) is 22.6 Å². The van der Waals surface area contributed by atoms with E-state index in [0.717, 1.165) is 10.2 Å². The first-order chi connectivity index (χ1) is 9.58. The molecule has 1 aliphatic heterocycles. The summed E-state index contributed by atoms with van der Waals surface area (Å²) in [6, 6.07) is 1.83. The van der Waals surface area contributed by atoms with E-state index in [9.17, 15) is 4.79 Å². The van der Waals surface area contributed by atoms with Crippen LogP contribution in [0.5, 0.6) is 0 Å². The maximum atomic E-state index is 11.1. The fraction of sp³-hybridized carbons (Fsp3) is 0.364. The van der Waals surface area contributed by atoms with Crippen LogP contribution in [-0.2, 0) is 4.74 Å². The van der Waals surface area contributed by atoms with Crippen molar-refractivity contribution in [3.63, 3.8) is 0 Å². The summed E-state index contributed by atoms with van der Waals surface area (Å²) in [5, 5.41) is 13.2. The van der Waals surface area contributed by atoms with Crippen molar-refractivity contribution in [3.8, 4) is 0 Å². The van der Waals surface area contributed by atoms with Gasteiger partial charge in [0.1, 0.15) is 17.9 Å². The van der Waals surface area contributed by atoms with Gasteiger partial charge in [-0.15, -0.1) is 0 Å². The number of rotatable bonds is 1. The zero-order valence-electron chi connectivity index (χ0n) is 10.4. The van der Waals surface area contributed by atoms with Crippen LogP contribution < -0.4 is 5.73 Å². The van der Waals surface area contributed by atoms with Gasteiger partial charge in [-0.2, -0.15) is 5.10 Å². The lowest BCUT2D eigenvalue weighted by atomic mass is 10.2. The van der Waals surface area contributed by atoms with E-state index in [1.54, 1.807) is 4.52 Å². The highest BCUT2D eigenvalue weighted by Gasteiger charge is 2.28. The van der Waals surface area contributed by atoms with E-state index in [4.69, 9.17) is 15.6 Å². The molecule has 1 aliphatic rings. The molecule has 0 bridgehead atoms. The molecule has 106 valence electrons. The highest BCUT2D eigenvalue weighted by Crippen LogP contribution is 2.31. The van der Waals surface area contributed by atoms with E-state index in [2.05, 4.69) is 26.0 Å². The van der Waals surface area contributed by atoms with Crippen LogP contribution in [0.15, 0.2) is 16.9 Å². The van der Waals surface area contributed by atoms with Gasteiger partial charge >= 0.3 is 6.09 Å². The van der Waals surface area contributed by atoms with E-state index < -0.39 is 6.09 Å². The third kappa shape index (κ3) is 2.08. The summed E-state index contributed by atoms with van der Waals surface area (Å²) in [5.41, 5.74) is 7.22. The number of aromatic nitrogens is 3. The number of hydrogen-bond acceptors (Lipinski definition) is 5. The molecule has 0 aliphatic carbocycles. The van der Waals surface area contributed by atoms with Gasteiger partial charge in [0, 0.05) is 11.0 Å². The lowest BCUT2D eigenvalue weighted by Crippen LogP contribution is -2.41. The molecule has 2 aromatic heterocycles. The van der Waals surface area contributed by atoms with E-state index >= 15 is 0 Å². The van der Waals surface area contributed by atoms with Gasteiger partial charge < -0.3 is 20.5 Å². The molecule has 1 atom stereocenters. The number of hydrogen-bond donors (Lipinski definition) is 2. The monoisotopic (exact) mass is 341 g/mol. The van der Waals surface area contributed by atoms with Gasteiger partial charge in [0.2, 0.25) is 0 Å². The van der Waals surface area contributed by atoms with Gasteiger partial charge in [0.05, 0.1) is 18.8 Å². The molecule has 9 heteroatoms. The zero-order valence-corrected chi connectivity index (χ0v) is 11.9. The van der Waals surface area contributed by atoms with Crippen LogP contribution in [0, 0.1) is 0 Å². The van der Waals surface area contributed by atoms with Crippen molar-refractivity contribution in [1.82, 2.24) is 19.5 Å². The Kier molecular flexibility index (Phi) is 3.22. The van der Waals surface area contributed by atoms with Crippen molar-refractivity contribution >= 4 is 33.4 Å². The van der Waals surface area contributed by atoms with E-state index in [1.165, 1.54) is 11.2 Å². The molecular formula is C11H12BrN5O3. The van der Waals surface area contributed by atoms with Gasteiger partial charge in [-0.1, -0.05) is 0 Å². The molecule has 0 radical (unpaired) electrons. The molecule has 3 N–H and O–H groups in total. The largest absolute Gasteiger partial charge is 0.465 e. The van der Waals surface area contributed by atoms with Gasteiger partial charge in [-0.3, -0.25) is 0 Å². The Balaban J connectivity index is 2.02. The maximum Gasteiger partial charge on any atom is 0.407 e. The number of carbonyl (C=O) groups is 1. The van der Waals surface area contributed by atoms with Crippen LogP contribution in [0.1, 0.15) is 11.8 Å². The van der Waals surface area contributed by atoms with Crippen LogP contribution in [0.2, 0.25) is 0 Å². The number of carboxylic acid groups (broad SMARTS) is 1. The van der Waals surface area contributed by atoms with E-state index in [0.29, 0.717) is 24.5 Å². The standard InChI is InChI=1S/C11H12BrN5O3/c12-6-3-7(17-9(6)10(13)14-5-15-17)8-4-16(11(18)19)1-2-20-8/h3,5,8H,1-2,4H2,(H,18,19)(H2,13,14,15). The Hall–Kier alpha value is -1.87. The molecule has 1 fully saturated rings. The minimum absolute atomic E-state index is 0.262. The summed E-state index contributed by atoms with van der Waals surface area (Å²) in [4.78, 5) is 16.3. The molecule has 0 saturated carbocycles. The third-order valence-corrected chi connectivity index (χ3v) is 3.84. The number of morpholine rings is 1. The van der Waals surface area contributed by atoms with E-state index in [1.807, 2.05) is 6.07 Å². The summed E-state index contributed by atoms with van der Waals surface area (Å²) in [5.74, 6) is 0.351. The van der Waals surface area contributed by atoms with Crippen molar-refractivity contribution < 1.29 is 14.6 Å². The first-order valence-electron chi connectivity index (χ1n) is 5.95. The summed E-state index contributed by atoms with van der Waals surface area (Å²) in [7, 11) is 0. The number of anilines is 1. The Morgan fingerprint density at radius 1 is 1.60 bits per heavy atom. The minimum Gasteiger partial charge on any atom is -0.465 e. The fourth-order valence-electron chi connectivity index (χ4n) is 2.28. The molecule has 1 amide bonds. The van der Waals surface area contributed by atoms with Gasteiger partial charge in [-0.25, -0.2) is 14.3 Å². The highest BCUT2D eigenvalue weighted by molar-refractivity contribution is 9.10. The molecule has 8 nitrogen and oxygen atoms in total. The Morgan fingerprint density at radius 3 is 3.15 bits per heavy atom. The SMILES string of the molecule is Nc1ncnn2c(C3CN(C(=O)O)CCO3)cc(Br)c12. The second-order valence-corrected chi connectivity index (χ2v) is 5.27. The quantitative estimate of drug-likeness (QED) is 0.805. The Labute approximate surface area is 122 Å². The predicted octanol–water partition coefficient (Wildman–Crippen LogP) is 1.13. The highest BCUT2D eigenvalue weighted by atomic mass is 79.9. The van der Waals surface area contributed by atoms with E-state index in [-0.39, 0.29) is 12.6 Å². The molecular weight excluding hydrogens is 330 g/mol. The Bertz CT molecular complexity index is 673. The number of nitrogens with zero attached hydrogens (tertiary/aromatic N) is 4. The van der Waals surface area contributed by atoms with Crippen molar-refractivity contribution in [2.75, 3.05) is 25.4 Å². The van der Waals surface area contributed by atoms with Crippen molar-refractivity contribution in [2.45, 2.75) is 6.10 Å². The minimum atomic E-state index is -0.952. The average Bonchev–Trinajstić information content (AvgIpc) is 2.78.